The summed E-state index contributed by atoms with van der Waals surface area (Å²) in [5.74, 6) is 0. The number of thiol groups is 1. The largest absolute Gasteiger partial charge is 0.337 e. The maximum atomic E-state index is 10.7. The van der Waals surface area contributed by atoms with Crippen molar-refractivity contribution in [2.24, 2.45) is 0 Å². The Balaban J connectivity index is 2.95. The van der Waals surface area contributed by atoms with Crippen LogP contribution in [-0.4, -0.2) is 12.6 Å². The van der Waals surface area contributed by atoms with Crippen LogP contribution in [0.3, 0.4) is 0 Å². The van der Waals surface area contributed by atoms with E-state index in [1.807, 2.05) is 0 Å². The van der Waals surface area contributed by atoms with Gasteiger partial charge >= 0.3 is 6.03 Å². The molecule has 2 N–H and O–H groups in total. The molecule has 0 heterocycles. The van der Waals surface area contributed by atoms with Gasteiger partial charge in [-0.1, -0.05) is 58.3 Å². The van der Waals surface area contributed by atoms with E-state index in [0.717, 1.165) is 13.0 Å². The minimum atomic E-state index is -0.209. The summed E-state index contributed by atoms with van der Waals surface area (Å²) in [5.41, 5.74) is 0. The van der Waals surface area contributed by atoms with Crippen LogP contribution in [0.2, 0.25) is 0 Å². The lowest BCUT2D eigenvalue weighted by Gasteiger charge is -2.03. The van der Waals surface area contributed by atoms with Crippen molar-refractivity contribution in [3.63, 3.8) is 0 Å². The number of rotatable bonds is 8. The highest BCUT2D eigenvalue weighted by molar-refractivity contribution is 7.78. The molecule has 0 rings (SSSR count). The summed E-state index contributed by atoms with van der Waals surface area (Å²) in [7, 11) is 0. The van der Waals surface area contributed by atoms with Crippen LogP contribution >= 0.6 is 12.8 Å². The summed E-state index contributed by atoms with van der Waals surface area (Å²) < 4.78 is 2.23. The molecule has 0 aromatic carbocycles. The van der Waals surface area contributed by atoms with Crippen molar-refractivity contribution in [3.05, 3.63) is 0 Å². The first-order chi connectivity index (χ1) is 6.81. The SMILES string of the molecule is CCCCCCCCCNC(=O)NS. The van der Waals surface area contributed by atoms with Crippen molar-refractivity contribution in [2.75, 3.05) is 6.54 Å². The van der Waals surface area contributed by atoms with Crippen molar-refractivity contribution in [1.82, 2.24) is 10.0 Å². The smallest absolute Gasteiger partial charge is 0.324 e. The molecule has 0 bridgehead atoms. The first-order valence-electron chi connectivity index (χ1n) is 5.49. The summed E-state index contributed by atoms with van der Waals surface area (Å²) in [6.07, 6.45) is 8.87. The van der Waals surface area contributed by atoms with Crippen LogP contribution in [0.5, 0.6) is 0 Å². The Morgan fingerprint density at radius 3 is 2.21 bits per heavy atom. The second kappa shape index (κ2) is 10.7. The second-order valence-electron chi connectivity index (χ2n) is 3.49. The molecule has 0 saturated carbocycles. The van der Waals surface area contributed by atoms with Crippen molar-refractivity contribution >= 4 is 18.8 Å². The summed E-state index contributed by atoms with van der Waals surface area (Å²) in [6, 6.07) is -0.209. The number of nitrogens with one attached hydrogen (secondary N) is 2. The fourth-order valence-corrected chi connectivity index (χ4v) is 1.40. The Labute approximate surface area is 92.6 Å². The number of urea groups is 1. The van der Waals surface area contributed by atoms with Crippen molar-refractivity contribution < 1.29 is 4.79 Å². The average molecular weight is 218 g/mol. The monoisotopic (exact) mass is 218 g/mol. The number of hydrogen-bond donors (Lipinski definition) is 3. The third-order valence-corrected chi connectivity index (χ3v) is 2.37. The quantitative estimate of drug-likeness (QED) is 0.425. The first-order valence-corrected chi connectivity index (χ1v) is 5.94. The van der Waals surface area contributed by atoms with Crippen LogP contribution in [0.1, 0.15) is 51.9 Å². The van der Waals surface area contributed by atoms with Gasteiger partial charge < -0.3 is 5.32 Å². The summed E-state index contributed by atoms with van der Waals surface area (Å²) >= 11 is 3.64. The molecule has 0 radical (unpaired) electrons. The normalized spacial score (nSPS) is 9.86. The second-order valence-corrected chi connectivity index (χ2v) is 3.71. The highest BCUT2D eigenvalue weighted by atomic mass is 32.1. The maximum Gasteiger partial charge on any atom is 0.324 e. The molecule has 0 unspecified atom stereocenters. The van der Waals surface area contributed by atoms with Gasteiger partial charge in [0, 0.05) is 6.54 Å². The number of amides is 2. The van der Waals surface area contributed by atoms with E-state index in [-0.39, 0.29) is 6.03 Å². The van der Waals surface area contributed by atoms with Crippen molar-refractivity contribution in [2.45, 2.75) is 51.9 Å². The van der Waals surface area contributed by atoms with Gasteiger partial charge in [-0.3, -0.25) is 4.72 Å². The van der Waals surface area contributed by atoms with Crippen LogP contribution in [0.15, 0.2) is 0 Å². The van der Waals surface area contributed by atoms with Gasteiger partial charge in [-0.15, -0.1) is 0 Å². The van der Waals surface area contributed by atoms with E-state index in [1.54, 1.807) is 0 Å². The molecule has 84 valence electrons. The molecule has 0 aliphatic carbocycles. The molecule has 0 aromatic rings. The van der Waals surface area contributed by atoms with E-state index in [1.165, 1.54) is 38.5 Å². The molecule has 0 spiro atoms. The zero-order chi connectivity index (χ0) is 10.6. The van der Waals surface area contributed by atoms with Crippen molar-refractivity contribution in [3.8, 4) is 0 Å². The molecule has 0 aromatic heterocycles. The minimum absolute atomic E-state index is 0.209. The summed E-state index contributed by atoms with van der Waals surface area (Å²) in [4.78, 5) is 10.7. The van der Waals surface area contributed by atoms with Crippen LogP contribution in [-0.2, 0) is 0 Å². The molecule has 3 nitrogen and oxygen atoms in total. The number of hydrogen-bond acceptors (Lipinski definition) is 2. The first kappa shape index (κ1) is 13.6. The standard InChI is InChI=1S/C10H22N2OS/c1-2-3-4-5-6-7-8-9-11-10(13)12-14/h14H,2-9H2,1H3,(H2,11,12,13). The van der Waals surface area contributed by atoms with Crippen LogP contribution in [0, 0.1) is 0 Å². The molecule has 2 amide bonds. The Hall–Kier alpha value is -0.380. The Morgan fingerprint density at radius 2 is 1.64 bits per heavy atom. The van der Waals surface area contributed by atoms with Gasteiger partial charge in [-0.2, -0.15) is 0 Å². The van der Waals surface area contributed by atoms with Gasteiger partial charge in [-0.25, -0.2) is 4.79 Å². The fraction of sp³-hybridized carbons (Fsp3) is 0.900. The van der Waals surface area contributed by atoms with E-state index in [2.05, 4.69) is 29.8 Å². The van der Waals surface area contributed by atoms with Gasteiger partial charge in [0.25, 0.3) is 0 Å². The maximum absolute atomic E-state index is 10.7. The fourth-order valence-electron chi connectivity index (χ4n) is 1.32. The van der Waals surface area contributed by atoms with Crippen molar-refractivity contribution in [1.29, 1.82) is 0 Å². The van der Waals surface area contributed by atoms with Gasteiger partial charge in [0.2, 0.25) is 0 Å². The third kappa shape index (κ3) is 9.71. The third-order valence-electron chi connectivity index (χ3n) is 2.17. The van der Waals surface area contributed by atoms with E-state index < -0.39 is 0 Å². The number of carbonyl (C=O) groups is 1. The predicted octanol–water partition coefficient (Wildman–Crippen LogP) is 2.88. The van der Waals surface area contributed by atoms with E-state index in [0.29, 0.717) is 0 Å². The van der Waals surface area contributed by atoms with Crippen LogP contribution in [0.4, 0.5) is 4.79 Å². The summed E-state index contributed by atoms with van der Waals surface area (Å²) in [6.45, 7) is 2.97. The molecule has 0 aliphatic heterocycles. The molecule has 0 aliphatic rings. The zero-order valence-electron chi connectivity index (χ0n) is 9.01. The number of unbranched alkanes of at least 4 members (excludes halogenated alkanes) is 6. The molecule has 14 heavy (non-hydrogen) atoms. The Bertz CT molecular complexity index is 142. The van der Waals surface area contributed by atoms with E-state index in [4.69, 9.17) is 0 Å². The molecule has 0 saturated heterocycles. The topological polar surface area (TPSA) is 41.1 Å². The van der Waals surface area contributed by atoms with Gasteiger partial charge in [0.1, 0.15) is 0 Å². The highest BCUT2D eigenvalue weighted by Crippen LogP contribution is 2.06. The number of carbonyl (C=O) groups excluding carboxylic acids is 1. The van der Waals surface area contributed by atoms with Gasteiger partial charge in [0.05, 0.1) is 0 Å². The van der Waals surface area contributed by atoms with Gasteiger partial charge in [-0.05, 0) is 6.42 Å². The lowest BCUT2D eigenvalue weighted by Crippen LogP contribution is -2.30. The van der Waals surface area contributed by atoms with Gasteiger partial charge in [0.15, 0.2) is 0 Å². The molecular formula is C10H22N2OS. The lowest BCUT2D eigenvalue weighted by atomic mass is 10.1. The molecular weight excluding hydrogens is 196 g/mol. The molecule has 0 fully saturated rings. The Morgan fingerprint density at radius 1 is 1.07 bits per heavy atom. The van der Waals surface area contributed by atoms with E-state index in [9.17, 15) is 4.79 Å². The molecule has 4 heteroatoms. The average Bonchev–Trinajstić information content (AvgIpc) is 2.21. The summed E-state index contributed by atoms with van der Waals surface area (Å²) in [5, 5.41) is 2.71. The molecule has 0 atom stereocenters. The van der Waals surface area contributed by atoms with Crippen LogP contribution < -0.4 is 10.0 Å². The lowest BCUT2D eigenvalue weighted by molar-refractivity contribution is 0.246. The zero-order valence-corrected chi connectivity index (χ0v) is 9.91. The van der Waals surface area contributed by atoms with Crippen LogP contribution in [0.25, 0.3) is 0 Å². The highest BCUT2D eigenvalue weighted by Gasteiger charge is 1.94. The van der Waals surface area contributed by atoms with E-state index >= 15 is 0 Å². The minimum Gasteiger partial charge on any atom is -0.337 e. The Kier molecular flexibility index (Phi) is 10.4. The predicted molar refractivity (Wildman–Crippen MR) is 63.5 cm³/mol.